The summed E-state index contributed by atoms with van der Waals surface area (Å²) < 4.78 is 27.9. The number of thiophene rings is 1. The topological polar surface area (TPSA) is 90.5 Å². The summed E-state index contributed by atoms with van der Waals surface area (Å²) >= 11 is 5.81. The Morgan fingerprint density at radius 1 is 1.22 bits per heavy atom. The van der Waals surface area contributed by atoms with Crippen LogP contribution in [0.1, 0.15) is 23.4 Å². The molecule has 0 aliphatic carbocycles. The van der Waals surface area contributed by atoms with Gasteiger partial charge in [0.05, 0.1) is 3.79 Å². The molecule has 2 aromatic rings. The van der Waals surface area contributed by atoms with Crippen LogP contribution in [0, 0.1) is 6.92 Å². The maximum Gasteiger partial charge on any atom is 0.305 e. The average molecular weight is 494 g/mol. The van der Waals surface area contributed by atoms with Crippen molar-refractivity contribution in [3.63, 3.8) is 0 Å². The molecule has 0 aromatic carbocycles. The summed E-state index contributed by atoms with van der Waals surface area (Å²) in [6.45, 7) is 2.83. The molecule has 7 nitrogen and oxygen atoms in total. The Hall–Kier alpha value is -1.01. The summed E-state index contributed by atoms with van der Waals surface area (Å²) in [5.74, 6) is 0.0603. The second-order valence-corrected chi connectivity index (χ2v) is 11.9. The number of carbonyl (C=O) groups is 1. The van der Waals surface area contributed by atoms with Crippen molar-refractivity contribution >= 4 is 54.5 Å². The summed E-state index contributed by atoms with van der Waals surface area (Å²) in [7, 11) is -3.69. The van der Waals surface area contributed by atoms with Gasteiger partial charge in [0.1, 0.15) is 0 Å². The number of aryl methyl sites for hydroxylation is 2. The monoisotopic (exact) mass is 493 g/mol. The van der Waals surface area contributed by atoms with Crippen LogP contribution in [0.2, 0.25) is 0 Å². The number of aromatic amines is 1. The zero-order valence-electron chi connectivity index (χ0n) is 14.7. The highest BCUT2D eigenvalue weighted by Gasteiger charge is 2.32. The second kappa shape index (κ2) is 8.56. The Kier molecular flexibility index (Phi) is 6.57. The highest BCUT2D eigenvalue weighted by atomic mass is 79.9. The molecular formula is C16H20BrN3O4S3. The molecule has 0 unspecified atom stereocenters. The number of carbonyl (C=O) groups excluding carboxylic acids is 1. The van der Waals surface area contributed by atoms with Gasteiger partial charge in [-0.3, -0.25) is 9.59 Å². The molecule has 0 spiro atoms. The van der Waals surface area contributed by atoms with E-state index >= 15 is 0 Å². The fraction of sp³-hybridized carbons (Fsp3) is 0.500. The number of hydrogen-bond acceptors (Lipinski definition) is 6. The molecule has 1 N–H and O–H groups in total. The first-order valence-corrected chi connectivity index (χ1v) is 12.4. The Balaban J connectivity index is 1.51. The molecule has 2 aromatic heterocycles. The number of halogens is 1. The summed E-state index contributed by atoms with van der Waals surface area (Å²) in [6, 6.07) is 4.06. The van der Waals surface area contributed by atoms with Gasteiger partial charge in [-0.05, 0) is 47.8 Å². The van der Waals surface area contributed by atoms with Crippen molar-refractivity contribution in [1.29, 1.82) is 0 Å². The van der Waals surface area contributed by atoms with Crippen LogP contribution in [0.15, 0.2) is 24.9 Å². The lowest BCUT2D eigenvalue weighted by molar-refractivity contribution is -0.132. The van der Waals surface area contributed by atoms with E-state index in [2.05, 4.69) is 27.0 Å². The first kappa shape index (κ1) is 20.7. The molecule has 148 valence electrons. The number of nitrogens with one attached hydrogen (secondary N) is 1. The van der Waals surface area contributed by atoms with Crippen LogP contribution in [-0.2, 0) is 21.2 Å². The van der Waals surface area contributed by atoms with Crippen LogP contribution in [-0.4, -0.2) is 54.7 Å². The van der Waals surface area contributed by atoms with Gasteiger partial charge < -0.3 is 9.88 Å². The summed E-state index contributed by atoms with van der Waals surface area (Å²) in [5, 5.41) is 0. The fourth-order valence-corrected chi connectivity index (χ4v) is 7.37. The van der Waals surface area contributed by atoms with E-state index in [1.54, 1.807) is 23.2 Å². The van der Waals surface area contributed by atoms with E-state index in [0.717, 1.165) is 16.6 Å². The molecule has 0 atom stereocenters. The van der Waals surface area contributed by atoms with Crippen LogP contribution in [0.4, 0.5) is 0 Å². The van der Waals surface area contributed by atoms with Gasteiger partial charge in [0.25, 0.3) is 10.0 Å². The minimum atomic E-state index is -3.69. The number of aromatic nitrogens is 1. The Bertz CT molecular complexity index is 971. The van der Waals surface area contributed by atoms with E-state index in [4.69, 9.17) is 0 Å². The van der Waals surface area contributed by atoms with E-state index in [1.165, 1.54) is 9.18 Å². The quantitative estimate of drug-likeness (QED) is 0.668. The number of thiazole rings is 1. The third-order valence-electron chi connectivity index (χ3n) is 4.39. The molecule has 3 rings (SSSR count). The second-order valence-electron chi connectivity index (χ2n) is 6.27. The Labute approximate surface area is 174 Å². The average Bonchev–Trinajstić information content (AvgIpc) is 3.20. The predicted octanol–water partition coefficient (Wildman–Crippen LogP) is 2.42. The van der Waals surface area contributed by atoms with Gasteiger partial charge in [0.15, 0.2) is 4.21 Å². The predicted molar refractivity (Wildman–Crippen MR) is 110 cm³/mol. The summed E-state index contributed by atoms with van der Waals surface area (Å²) in [6.07, 6.45) is 2.10. The molecule has 1 aliphatic rings. The van der Waals surface area contributed by atoms with Crippen molar-refractivity contribution in [2.75, 3.05) is 26.2 Å². The minimum Gasteiger partial charge on any atom is -0.340 e. The Morgan fingerprint density at radius 3 is 2.48 bits per heavy atom. The van der Waals surface area contributed by atoms with Crippen LogP contribution in [0.3, 0.4) is 0 Å². The zero-order valence-corrected chi connectivity index (χ0v) is 18.8. The molecule has 27 heavy (non-hydrogen) atoms. The molecule has 1 saturated heterocycles. The van der Waals surface area contributed by atoms with Crippen molar-refractivity contribution in [1.82, 2.24) is 14.2 Å². The lowest BCUT2D eigenvalue weighted by atomic mass is 10.2. The highest BCUT2D eigenvalue weighted by molar-refractivity contribution is 9.11. The van der Waals surface area contributed by atoms with E-state index in [0.29, 0.717) is 36.5 Å². The lowest BCUT2D eigenvalue weighted by Gasteiger charge is -2.33. The van der Waals surface area contributed by atoms with Gasteiger partial charge in [-0.15, -0.1) is 11.3 Å². The highest BCUT2D eigenvalue weighted by Crippen LogP contribution is 2.24. The van der Waals surface area contributed by atoms with E-state index in [1.807, 2.05) is 6.07 Å². The number of hydrogen-bond donors (Lipinski definition) is 1. The standard InChI is InChI=1S/C16H20BrN3O4S3/c1-11-15(26-16(22)18-11)27(23,24)20-9-7-19(8-10-20)14(21)4-2-3-12-5-6-13(17)25-12/h5-6H,2-4,7-10H2,1H3,(H,18,22). The van der Waals surface area contributed by atoms with Crippen molar-refractivity contribution in [3.05, 3.63) is 36.2 Å². The van der Waals surface area contributed by atoms with Gasteiger partial charge in [0, 0.05) is 43.2 Å². The van der Waals surface area contributed by atoms with Gasteiger partial charge in [-0.2, -0.15) is 4.31 Å². The fourth-order valence-electron chi connectivity index (χ4n) is 2.99. The van der Waals surface area contributed by atoms with Gasteiger partial charge >= 0.3 is 4.87 Å². The third-order valence-corrected chi connectivity index (χ3v) is 9.55. The number of sulfonamides is 1. The lowest BCUT2D eigenvalue weighted by Crippen LogP contribution is -2.50. The SMILES string of the molecule is Cc1[nH]c(=O)sc1S(=O)(=O)N1CCN(C(=O)CCCc2ccc(Br)s2)CC1. The van der Waals surface area contributed by atoms with Gasteiger partial charge in [-0.25, -0.2) is 8.42 Å². The number of piperazine rings is 1. The molecule has 1 amide bonds. The van der Waals surface area contributed by atoms with Crippen molar-refractivity contribution < 1.29 is 13.2 Å². The molecule has 3 heterocycles. The van der Waals surface area contributed by atoms with Crippen LogP contribution >= 0.6 is 38.6 Å². The van der Waals surface area contributed by atoms with Gasteiger partial charge in [0.2, 0.25) is 5.91 Å². The first-order chi connectivity index (χ1) is 12.8. The molecule has 11 heteroatoms. The molecule has 0 saturated carbocycles. The van der Waals surface area contributed by atoms with E-state index < -0.39 is 10.0 Å². The molecule has 0 radical (unpaired) electrons. The smallest absolute Gasteiger partial charge is 0.305 e. The van der Waals surface area contributed by atoms with Gasteiger partial charge in [-0.1, -0.05) is 11.3 Å². The number of rotatable bonds is 6. The normalized spacial score (nSPS) is 16.0. The van der Waals surface area contributed by atoms with Crippen molar-refractivity contribution in [2.24, 2.45) is 0 Å². The first-order valence-electron chi connectivity index (χ1n) is 8.49. The largest absolute Gasteiger partial charge is 0.340 e. The van der Waals surface area contributed by atoms with E-state index in [-0.39, 0.29) is 28.1 Å². The van der Waals surface area contributed by atoms with Crippen molar-refractivity contribution in [2.45, 2.75) is 30.4 Å². The van der Waals surface area contributed by atoms with Crippen LogP contribution in [0.25, 0.3) is 0 Å². The van der Waals surface area contributed by atoms with Crippen molar-refractivity contribution in [3.8, 4) is 0 Å². The Morgan fingerprint density at radius 2 is 1.93 bits per heavy atom. The van der Waals surface area contributed by atoms with E-state index in [9.17, 15) is 18.0 Å². The molecule has 1 aliphatic heterocycles. The number of amides is 1. The van der Waals surface area contributed by atoms with Crippen LogP contribution < -0.4 is 4.87 Å². The minimum absolute atomic E-state index is 0.0603. The number of H-pyrrole nitrogens is 1. The maximum atomic E-state index is 12.7. The van der Waals surface area contributed by atoms with Crippen LogP contribution in [0.5, 0.6) is 0 Å². The summed E-state index contributed by atoms with van der Waals surface area (Å²) in [5.41, 5.74) is 0.365. The third kappa shape index (κ3) is 4.89. The molecular weight excluding hydrogens is 474 g/mol. The summed E-state index contributed by atoms with van der Waals surface area (Å²) in [4.78, 5) is 28.9. The number of nitrogens with zero attached hydrogens (tertiary/aromatic N) is 2. The molecule has 0 bridgehead atoms. The molecule has 1 fully saturated rings. The zero-order chi connectivity index (χ0) is 19.6. The maximum absolute atomic E-state index is 12.7.